The lowest BCUT2D eigenvalue weighted by Crippen LogP contribution is -2.13. The molecular formula is C21H23N3. The molecule has 24 heavy (non-hydrogen) atoms. The molecule has 0 fully saturated rings. The van der Waals surface area contributed by atoms with Crippen LogP contribution in [0, 0.1) is 0 Å². The zero-order valence-corrected chi connectivity index (χ0v) is 14.7. The number of hydrogen-bond acceptors (Lipinski definition) is 3. The number of hydrogen-bond donors (Lipinski definition) is 0. The number of rotatable bonds is 4. The summed E-state index contributed by atoms with van der Waals surface area (Å²) in [5, 5.41) is 2.47. The van der Waals surface area contributed by atoms with Crippen LogP contribution in [0.25, 0.3) is 10.8 Å². The summed E-state index contributed by atoms with van der Waals surface area (Å²) in [6.07, 6.45) is 1.95. The van der Waals surface area contributed by atoms with Gasteiger partial charge < -0.3 is 9.80 Å². The summed E-state index contributed by atoms with van der Waals surface area (Å²) in [6.45, 7) is 0. The van der Waals surface area contributed by atoms with E-state index >= 15 is 0 Å². The number of para-hydroxylation sites is 1. The third-order valence-corrected chi connectivity index (χ3v) is 4.10. The predicted molar refractivity (Wildman–Crippen MR) is 106 cm³/mol. The summed E-state index contributed by atoms with van der Waals surface area (Å²) < 4.78 is 0. The lowest BCUT2D eigenvalue weighted by atomic mass is 10.0. The van der Waals surface area contributed by atoms with Crippen molar-refractivity contribution in [2.24, 2.45) is 4.99 Å². The molecule has 0 amide bonds. The van der Waals surface area contributed by atoms with Gasteiger partial charge in [-0.3, -0.25) is 4.99 Å². The largest absolute Gasteiger partial charge is 0.377 e. The van der Waals surface area contributed by atoms with Gasteiger partial charge in [0, 0.05) is 56.7 Å². The van der Waals surface area contributed by atoms with Crippen LogP contribution in [0.5, 0.6) is 0 Å². The molecule has 3 heteroatoms. The fourth-order valence-corrected chi connectivity index (χ4v) is 2.91. The SMILES string of the molecule is CN(C)c1cccc2c(C=Nc3ccccc3)ccc(N(C)C)c12. The molecule has 3 rings (SSSR count). The topological polar surface area (TPSA) is 18.8 Å². The third kappa shape index (κ3) is 3.11. The predicted octanol–water partition coefficient (Wildman–Crippen LogP) is 4.72. The Morgan fingerprint density at radius 3 is 2.04 bits per heavy atom. The van der Waals surface area contributed by atoms with Crippen molar-refractivity contribution in [1.82, 2.24) is 0 Å². The molecule has 0 aliphatic heterocycles. The fraction of sp³-hybridized carbons (Fsp3) is 0.190. The molecule has 0 N–H and O–H groups in total. The van der Waals surface area contributed by atoms with E-state index in [1.165, 1.54) is 22.1 Å². The molecule has 3 aromatic carbocycles. The molecular weight excluding hydrogens is 294 g/mol. The first-order chi connectivity index (χ1) is 11.6. The Labute approximate surface area is 143 Å². The van der Waals surface area contributed by atoms with Crippen LogP contribution in [0.4, 0.5) is 17.1 Å². The van der Waals surface area contributed by atoms with Crippen LogP contribution < -0.4 is 9.80 Å². The van der Waals surface area contributed by atoms with Gasteiger partial charge in [-0.2, -0.15) is 0 Å². The first-order valence-corrected chi connectivity index (χ1v) is 8.07. The van der Waals surface area contributed by atoms with E-state index in [2.05, 4.69) is 73.3 Å². The number of aliphatic imine (C=N–C) groups is 1. The van der Waals surface area contributed by atoms with Crippen molar-refractivity contribution in [1.29, 1.82) is 0 Å². The molecule has 0 heterocycles. The molecule has 0 spiro atoms. The minimum Gasteiger partial charge on any atom is -0.377 e. The van der Waals surface area contributed by atoms with Gasteiger partial charge in [-0.05, 0) is 29.7 Å². The van der Waals surface area contributed by atoms with Crippen LogP contribution in [-0.2, 0) is 0 Å². The molecule has 0 atom stereocenters. The third-order valence-electron chi connectivity index (χ3n) is 4.10. The van der Waals surface area contributed by atoms with Gasteiger partial charge in [0.1, 0.15) is 0 Å². The second-order valence-corrected chi connectivity index (χ2v) is 6.26. The van der Waals surface area contributed by atoms with E-state index < -0.39 is 0 Å². The number of benzene rings is 3. The number of anilines is 2. The molecule has 0 aliphatic carbocycles. The maximum Gasteiger partial charge on any atom is 0.0629 e. The average Bonchev–Trinajstić information content (AvgIpc) is 2.59. The highest BCUT2D eigenvalue weighted by molar-refractivity contribution is 6.11. The van der Waals surface area contributed by atoms with Crippen molar-refractivity contribution in [2.75, 3.05) is 38.0 Å². The zero-order chi connectivity index (χ0) is 17.1. The molecule has 0 aliphatic rings. The van der Waals surface area contributed by atoms with Crippen LogP contribution in [0.1, 0.15) is 5.56 Å². The van der Waals surface area contributed by atoms with Crippen LogP contribution in [0.2, 0.25) is 0 Å². The minimum absolute atomic E-state index is 0.964. The molecule has 0 bridgehead atoms. The van der Waals surface area contributed by atoms with Crippen LogP contribution in [-0.4, -0.2) is 34.4 Å². The molecule has 0 saturated carbocycles. The lowest BCUT2D eigenvalue weighted by Gasteiger charge is -2.22. The van der Waals surface area contributed by atoms with Gasteiger partial charge in [0.15, 0.2) is 0 Å². The Hall–Kier alpha value is -2.81. The number of nitrogens with zero attached hydrogens (tertiary/aromatic N) is 3. The maximum atomic E-state index is 4.62. The van der Waals surface area contributed by atoms with Gasteiger partial charge in [-0.15, -0.1) is 0 Å². The summed E-state index contributed by atoms with van der Waals surface area (Å²) in [5.41, 5.74) is 4.52. The first-order valence-electron chi connectivity index (χ1n) is 8.07. The normalized spacial score (nSPS) is 11.2. The molecule has 0 saturated heterocycles. The van der Waals surface area contributed by atoms with Crippen molar-refractivity contribution in [3.8, 4) is 0 Å². The van der Waals surface area contributed by atoms with Gasteiger partial charge in [0.25, 0.3) is 0 Å². The van der Waals surface area contributed by atoms with Crippen molar-refractivity contribution in [2.45, 2.75) is 0 Å². The van der Waals surface area contributed by atoms with Gasteiger partial charge in [0.2, 0.25) is 0 Å². The highest BCUT2D eigenvalue weighted by Gasteiger charge is 2.12. The fourth-order valence-electron chi connectivity index (χ4n) is 2.91. The Morgan fingerprint density at radius 1 is 0.708 bits per heavy atom. The highest BCUT2D eigenvalue weighted by atomic mass is 15.1. The zero-order valence-electron chi connectivity index (χ0n) is 14.7. The maximum absolute atomic E-state index is 4.62. The molecule has 0 radical (unpaired) electrons. The van der Waals surface area contributed by atoms with Crippen LogP contribution >= 0.6 is 0 Å². The summed E-state index contributed by atoms with van der Waals surface area (Å²) in [4.78, 5) is 8.94. The van der Waals surface area contributed by atoms with Gasteiger partial charge in [0.05, 0.1) is 5.69 Å². The van der Waals surface area contributed by atoms with Crippen molar-refractivity contribution in [3.63, 3.8) is 0 Å². The highest BCUT2D eigenvalue weighted by Crippen LogP contribution is 2.35. The summed E-state index contributed by atoms with van der Waals surface area (Å²) in [6, 6.07) is 20.8. The lowest BCUT2D eigenvalue weighted by molar-refractivity contribution is 1.12. The van der Waals surface area contributed by atoms with Crippen molar-refractivity contribution < 1.29 is 0 Å². The van der Waals surface area contributed by atoms with Crippen molar-refractivity contribution in [3.05, 3.63) is 66.2 Å². The van der Waals surface area contributed by atoms with E-state index in [0.29, 0.717) is 0 Å². The molecule has 3 nitrogen and oxygen atoms in total. The summed E-state index contributed by atoms with van der Waals surface area (Å²) >= 11 is 0. The van der Waals surface area contributed by atoms with Gasteiger partial charge in [-0.25, -0.2) is 0 Å². The van der Waals surface area contributed by atoms with E-state index in [-0.39, 0.29) is 0 Å². The van der Waals surface area contributed by atoms with E-state index in [1.54, 1.807) is 0 Å². The molecule has 0 unspecified atom stereocenters. The average molecular weight is 317 g/mol. The Kier molecular flexibility index (Phi) is 4.52. The number of fused-ring (bicyclic) bond motifs is 1. The Morgan fingerprint density at radius 2 is 1.38 bits per heavy atom. The smallest absolute Gasteiger partial charge is 0.0629 e. The summed E-state index contributed by atoms with van der Waals surface area (Å²) in [7, 11) is 8.33. The summed E-state index contributed by atoms with van der Waals surface area (Å²) in [5.74, 6) is 0. The molecule has 0 aromatic heterocycles. The quantitative estimate of drug-likeness (QED) is 0.648. The monoisotopic (exact) mass is 317 g/mol. The van der Waals surface area contributed by atoms with Gasteiger partial charge >= 0.3 is 0 Å². The van der Waals surface area contributed by atoms with Gasteiger partial charge in [-0.1, -0.05) is 36.4 Å². The van der Waals surface area contributed by atoms with Crippen molar-refractivity contribution >= 4 is 34.0 Å². The Bertz CT molecular complexity index is 851. The second-order valence-electron chi connectivity index (χ2n) is 6.26. The van der Waals surface area contributed by atoms with E-state index in [9.17, 15) is 0 Å². The van der Waals surface area contributed by atoms with E-state index in [0.717, 1.165) is 11.3 Å². The van der Waals surface area contributed by atoms with Crippen LogP contribution in [0.3, 0.4) is 0 Å². The standard InChI is InChI=1S/C21H23N3/c1-23(2)19-12-8-11-18-16(13-14-20(21(18)19)24(3)4)15-22-17-9-6-5-7-10-17/h5-15H,1-4H3. The molecule has 122 valence electrons. The second kappa shape index (κ2) is 6.75. The first kappa shape index (κ1) is 16.1. The van der Waals surface area contributed by atoms with E-state index in [4.69, 9.17) is 0 Å². The minimum atomic E-state index is 0.964. The van der Waals surface area contributed by atoms with Crippen LogP contribution in [0.15, 0.2) is 65.7 Å². The Balaban J connectivity index is 2.19. The van der Waals surface area contributed by atoms with E-state index in [1.807, 2.05) is 36.5 Å². The molecule has 3 aromatic rings.